The predicted molar refractivity (Wildman–Crippen MR) is 73.3 cm³/mol. The molecule has 0 bridgehead atoms. The van der Waals surface area contributed by atoms with Crippen LogP contribution in [0.4, 0.5) is 17.6 Å². The van der Waals surface area contributed by atoms with E-state index in [4.69, 9.17) is 11.0 Å². The Balaban J connectivity index is 2.81. The summed E-state index contributed by atoms with van der Waals surface area (Å²) in [6.45, 7) is 5.41. The molecule has 0 saturated carbocycles. The molecule has 0 radical (unpaired) electrons. The minimum Gasteiger partial charge on any atom is -0.370 e. The molecule has 1 unspecified atom stereocenters. The van der Waals surface area contributed by atoms with Crippen LogP contribution in [0.25, 0.3) is 0 Å². The van der Waals surface area contributed by atoms with Crippen molar-refractivity contribution in [1.82, 2.24) is 9.97 Å². The summed E-state index contributed by atoms with van der Waals surface area (Å²) in [5.41, 5.74) is 5.68. The van der Waals surface area contributed by atoms with Gasteiger partial charge < -0.3 is 16.0 Å². The average molecular weight is 248 g/mol. The molecule has 0 saturated heterocycles. The second-order valence-electron chi connectivity index (χ2n) is 4.31. The molecule has 1 aromatic heterocycles. The van der Waals surface area contributed by atoms with E-state index in [1.165, 1.54) is 0 Å². The second kappa shape index (κ2) is 6.64. The Morgan fingerprint density at radius 1 is 1.56 bits per heavy atom. The smallest absolute Gasteiger partial charge is 0.223 e. The summed E-state index contributed by atoms with van der Waals surface area (Å²) in [6, 6.07) is 4.04. The van der Waals surface area contributed by atoms with Gasteiger partial charge in [-0.05, 0) is 13.3 Å². The number of hydrogen-bond donors (Lipinski definition) is 2. The van der Waals surface area contributed by atoms with Crippen molar-refractivity contribution in [1.29, 1.82) is 5.26 Å². The highest BCUT2D eigenvalue weighted by atomic mass is 15.2. The van der Waals surface area contributed by atoms with E-state index in [1.807, 2.05) is 24.9 Å². The first-order chi connectivity index (χ1) is 8.56. The van der Waals surface area contributed by atoms with E-state index in [0.717, 1.165) is 24.6 Å². The van der Waals surface area contributed by atoms with Gasteiger partial charge in [-0.25, -0.2) is 0 Å². The number of anilines is 3. The van der Waals surface area contributed by atoms with Gasteiger partial charge in [0.05, 0.1) is 12.0 Å². The monoisotopic (exact) mass is 248 g/mol. The molecule has 0 aliphatic carbocycles. The van der Waals surface area contributed by atoms with Gasteiger partial charge in [0.2, 0.25) is 5.95 Å². The van der Waals surface area contributed by atoms with Crippen molar-refractivity contribution >= 4 is 17.6 Å². The summed E-state index contributed by atoms with van der Waals surface area (Å²) in [6.07, 6.45) is 1.01. The summed E-state index contributed by atoms with van der Waals surface area (Å²) in [5, 5.41) is 12.0. The van der Waals surface area contributed by atoms with Crippen LogP contribution in [0.15, 0.2) is 6.07 Å². The van der Waals surface area contributed by atoms with Crippen molar-refractivity contribution in [2.45, 2.75) is 20.3 Å². The van der Waals surface area contributed by atoms with Crippen molar-refractivity contribution in [2.75, 3.05) is 36.1 Å². The molecule has 0 spiro atoms. The van der Waals surface area contributed by atoms with Crippen LogP contribution in [0.1, 0.15) is 20.3 Å². The van der Waals surface area contributed by atoms with Crippen LogP contribution >= 0.6 is 0 Å². The lowest BCUT2D eigenvalue weighted by atomic mass is 10.2. The maximum Gasteiger partial charge on any atom is 0.223 e. The molecule has 0 aliphatic heterocycles. The SMILES string of the molecule is CCCNc1cc(N(C)CC(C)C#N)nc(N)n1. The number of nitrogens with two attached hydrogens (primary N) is 1. The van der Waals surface area contributed by atoms with Gasteiger partial charge in [0.25, 0.3) is 0 Å². The first-order valence-corrected chi connectivity index (χ1v) is 6.06. The predicted octanol–water partition coefficient (Wildman–Crippen LogP) is 1.48. The number of hydrogen-bond acceptors (Lipinski definition) is 6. The van der Waals surface area contributed by atoms with Gasteiger partial charge in [-0.15, -0.1) is 0 Å². The molecule has 1 atom stereocenters. The third-order valence-corrected chi connectivity index (χ3v) is 2.45. The van der Waals surface area contributed by atoms with Gasteiger partial charge in [0.1, 0.15) is 11.6 Å². The Morgan fingerprint density at radius 3 is 2.89 bits per heavy atom. The van der Waals surface area contributed by atoms with Gasteiger partial charge in [-0.2, -0.15) is 15.2 Å². The van der Waals surface area contributed by atoms with Crippen LogP contribution in [0, 0.1) is 17.2 Å². The topological polar surface area (TPSA) is 90.9 Å². The van der Waals surface area contributed by atoms with Crippen LogP contribution < -0.4 is 16.0 Å². The molecule has 6 nitrogen and oxygen atoms in total. The number of nitrogens with one attached hydrogen (secondary N) is 1. The summed E-state index contributed by atoms with van der Waals surface area (Å²) >= 11 is 0. The molecule has 98 valence electrons. The summed E-state index contributed by atoms with van der Waals surface area (Å²) in [7, 11) is 1.89. The third kappa shape index (κ3) is 4.09. The fourth-order valence-electron chi connectivity index (χ4n) is 1.54. The van der Waals surface area contributed by atoms with E-state index < -0.39 is 0 Å². The van der Waals surface area contributed by atoms with Gasteiger partial charge in [0, 0.05) is 26.2 Å². The Labute approximate surface area is 108 Å². The molecular weight excluding hydrogens is 228 g/mol. The number of aromatic nitrogens is 2. The maximum atomic E-state index is 8.81. The summed E-state index contributed by atoms with van der Waals surface area (Å²) < 4.78 is 0. The van der Waals surface area contributed by atoms with E-state index in [-0.39, 0.29) is 11.9 Å². The van der Waals surface area contributed by atoms with Gasteiger partial charge >= 0.3 is 0 Å². The highest BCUT2D eigenvalue weighted by Gasteiger charge is 2.10. The zero-order chi connectivity index (χ0) is 13.5. The standard InChI is InChI=1S/C12H20N6/c1-4-5-15-10-6-11(17-12(14)16-10)18(3)8-9(2)7-13/h6,9H,4-5,8H2,1-3H3,(H3,14,15,16,17). The number of nitrogens with zero attached hydrogens (tertiary/aromatic N) is 4. The highest BCUT2D eigenvalue weighted by molar-refractivity contribution is 5.52. The zero-order valence-electron chi connectivity index (χ0n) is 11.1. The summed E-state index contributed by atoms with van der Waals surface area (Å²) in [5.74, 6) is 1.62. The first-order valence-electron chi connectivity index (χ1n) is 6.06. The minimum atomic E-state index is -0.0572. The van der Waals surface area contributed by atoms with Crippen molar-refractivity contribution < 1.29 is 0 Å². The van der Waals surface area contributed by atoms with Crippen molar-refractivity contribution in [3.8, 4) is 6.07 Å². The van der Waals surface area contributed by atoms with E-state index in [2.05, 4.69) is 28.3 Å². The van der Waals surface area contributed by atoms with Crippen LogP contribution in [0.2, 0.25) is 0 Å². The molecular formula is C12H20N6. The summed E-state index contributed by atoms with van der Waals surface area (Å²) in [4.78, 5) is 10.2. The van der Waals surface area contributed by atoms with E-state index in [9.17, 15) is 0 Å². The lowest BCUT2D eigenvalue weighted by molar-refractivity contribution is 0.710. The molecule has 1 heterocycles. The van der Waals surface area contributed by atoms with Crippen molar-refractivity contribution in [2.24, 2.45) is 5.92 Å². The van der Waals surface area contributed by atoms with Crippen LogP contribution in [0.3, 0.4) is 0 Å². The fourth-order valence-corrected chi connectivity index (χ4v) is 1.54. The Kier molecular flexibility index (Phi) is 5.18. The minimum absolute atomic E-state index is 0.0572. The molecule has 1 rings (SSSR count). The van der Waals surface area contributed by atoms with Crippen LogP contribution in [0.5, 0.6) is 0 Å². The zero-order valence-corrected chi connectivity index (χ0v) is 11.1. The molecule has 6 heteroatoms. The lowest BCUT2D eigenvalue weighted by Gasteiger charge is -2.20. The van der Waals surface area contributed by atoms with E-state index in [1.54, 1.807) is 0 Å². The van der Waals surface area contributed by atoms with Gasteiger partial charge in [-0.3, -0.25) is 0 Å². The molecule has 0 aliphatic rings. The molecule has 3 N–H and O–H groups in total. The first kappa shape index (κ1) is 14.0. The Bertz CT molecular complexity index is 425. The molecule has 18 heavy (non-hydrogen) atoms. The molecule has 1 aromatic rings. The number of nitriles is 1. The largest absolute Gasteiger partial charge is 0.370 e. The Hall–Kier alpha value is -2.03. The van der Waals surface area contributed by atoms with Crippen molar-refractivity contribution in [3.63, 3.8) is 0 Å². The van der Waals surface area contributed by atoms with E-state index in [0.29, 0.717) is 6.54 Å². The lowest BCUT2D eigenvalue weighted by Crippen LogP contribution is -2.24. The molecule has 0 fully saturated rings. The number of rotatable bonds is 6. The third-order valence-electron chi connectivity index (χ3n) is 2.45. The quantitative estimate of drug-likeness (QED) is 0.792. The van der Waals surface area contributed by atoms with Crippen LogP contribution in [-0.4, -0.2) is 30.1 Å². The number of nitrogen functional groups attached to an aromatic ring is 1. The average Bonchev–Trinajstić information content (AvgIpc) is 2.35. The van der Waals surface area contributed by atoms with E-state index >= 15 is 0 Å². The van der Waals surface area contributed by atoms with Crippen LogP contribution in [-0.2, 0) is 0 Å². The van der Waals surface area contributed by atoms with Crippen molar-refractivity contribution in [3.05, 3.63) is 6.07 Å². The van der Waals surface area contributed by atoms with Gasteiger partial charge in [0.15, 0.2) is 0 Å². The van der Waals surface area contributed by atoms with Gasteiger partial charge in [-0.1, -0.05) is 6.92 Å². The maximum absolute atomic E-state index is 8.81. The Morgan fingerprint density at radius 2 is 2.28 bits per heavy atom. The normalized spacial score (nSPS) is 11.7. The highest BCUT2D eigenvalue weighted by Crippen LogP contribution is 2.16. The fraction of sp³-hybridized carbons (Fsp3) is 0.583. The molecule has 0 aromatic carbocycles. The molecule has 0 amide bonds. The second-order valence-corrected chi connectivity index (χ2v) is 4.31.